The van der Waals surface area contributed by atoms with Gasteiger partial charge in [-0.2, -0.15) is 0 Å². The third-order valence-corrected chi connectivity index (χ3v) is 8.30. The van der Waals surface area contributed by atoms with Crippen molar-refractivity contribution in [2.45, 2.75) is 11.3 Å². The van der Waals surface area contributed by atoms with Crippen LogP contribution in [0.2, 0.25) is 5.02 Å². The lowest BCUT2D eigenvalue weighted by Crippen LogP contribution is -2.42. The minimum atomic E-state index is -0.900. The molecule has 0 spiro atoms. The summed E-state index contributed by atoms with van der Waals surface area (Å²) in [6.45, 7) is 0. The minimum absolute atomic E-state index is 0.0983. The van der Waals surface area contributed by atoms with E-state index in [-0.39, 0.29) is 11.6 Å². The minimum Gasteiger partial charge on any atom is -0.497 e. The molecule has 196 valence electrons. The molecule has 2 atom stereocenters. The Labute approximate surface area is 239 Å². The molecule has 0 amide bonds. The first kappa shape index (κ1) is 25.8. The number of carbonyl (C=O) groups is 2. The van der Waals surface area contributed by atoms with Gasteiger partial charge in [0.1, 0.15) is 5.75 Å². The molecule has 1 aliphatic rings. The third-order valence-electron chi connectivity index (χ3n) is 8.05. The van der Waals surface area contributed by atoms with Gasteiger partial charge >= 0.3 is 0 Å². The van der Waals surface area contributed by atoms with Crippen molar-refractivity contribution in [3.05, 3.63) is 172 Å². The van der Waals surface area contributed by atoms with E-state index in [1.807, 2.05) is 54.6 Å². The van der Waals surface area contributed by atoms with E-state index in [1.54, 1.807) is 55.6 Å². The van der Waals surface area contributed by atoms with E-state index in [9.17, 15) is 9.59 Å². The number of halogens is 1. The van der Waals surface area contributed by atoms with E-state index in [4.69, 9.17) is 16.3 Å². The average molecular weight is 543 g/mol. The number of Topliss-reactive ketones (excluding diaryl/α,β-unsaturated/α-hetero) is 2. The van der Waals surface area contributed by atoms with Gasteiger partial charge in [0, 0.05) is 16.1 Å². The molecule has 0 saturated carbocycles. The van der Waals surface area contributed by atoms with Crippen LogP contribution in [0.25, 0.3) is 0 Å². The molecule has 0 radical (unpaired) electrons. The second-order valence-corrected chi connectivity index (χ2v) is 10.5. The van der Waals surface area contributed by atoms with Crippen molar-refractivity contribution in [2.75, 3.05) is 7.11 Å². The van der Waals surface area contributed by atoms with Crippen molar-refractivity contribution in [1.29, 1.82) is 0 Å². The molecule has 5 aromatic rings. The Morgan fingerprint density at radius 3 is 1.70 bits per heavy atom. The van der Waals surface area contributed by atoms with Crippen molar-refractivity contribution in [3.8, 4) is 5.75 Å². The van der Waals surface area contributed by atoms with Crippen LogP contribution in [0.4, 0.5) is 0 Å². The lowest BCUT2D eigenvalue weighted by molar-refractivity contribution is 0.0798. The fourth-order valence-electron chi connectivity index (χ4n) is 6.33. The van der Waals surface area contributed by atoms with Crippen molar-refractivity contribution in [2.24, 2.45) is 5.92 Å². The van der Waals surface area contributed by atoms with Crippen LogP contribution >= 0.6 is 11.6 Å². The molecule has 3 nitrogen and oxygen atoms in total. The van der Waals surface area contributed by atoms with Gasteiger partial charge in [-0.15, -0.1) is 0 Å². The van der Waals surface area contributed by atoms with E-state index in [1.165, 1.54) is 0 Å². The highest BCUT2D eigenvalue weighted by Crippen LogP contribution is 2.59. The number of benzene rings is 5. The molecule has 0 aliphatic heterocycles. The van der Waals surface area contributed by atoms with Gasteiger partial charge in [0.2, 0.25) is 0 Å². The molecule has 0 N–H and O–H groups in total. The first-order valence-corrected chi connectivity index (χ1v) is 13.6. The van der Waals surface area contributed by atoms with Gasteiger partial charge in [-0.05, 0) is 70.8 Å². The summed E-state index contributed by atoms with van der Waals surface area (Å²) >= 11 is 6.17. The second-order valence-electron chi connectivity index (χ2n) is 10.0. The topological polar surface area (TPSA) is 43.4 Å². The fourth-order valence-corrected chi connectivity index (χ4v) is 6.46. The van der Waals surface area contributed by atoms with Gasteiger partial charge in [-0.25, -0.2) is 0 Å². The van der Waals surface area contributed by atoms with E-state index in [0.717, 1.165) is 22.3 Å². The molecule has 40 heavy (non-hydrogen) atoms. The lowest BCUT2D eigenvalue weighted by atomic mass is 9.61. The predicted octanol–water partition coefficient (Wildman–Crippen LogP) is 8.16. The summed E-state index contributed by atoms with van der Waals surface area (Å²) in [5.74, 6) is -1.00. The Morgan fingerprint density at radius 1 is 0.625 bits per heavy atom. The van der Waals surface area contributed by atoms with Gasteiger partial charge in [0.25, 0.3) is 0 Å². The largest absolute Gasteiger partial charge is 0.497 e. The summed E-state index contributed by atoms with van der Waals surface area (Å²) in [4.78, 5) is 29.4. The average Bonchev–Trinajstić information content (AvgIpc) is 3.33. The maximum absolute atomic E-state index is 14.9. The summed E-state index contributed by atoms with van der Waals surface area (Å²) in [5.41, 5.74) is 3.91. The van der Waals surface area contributed by atoms with Crippen molar-refractivity contribution in [1.82, 2.24) is 0 Å². The van der Waals surface area contributed by atoms with Crippen molar-refractivity contribution in [3.63, 3.8) is 0 Å². The van der Waals surface area contributed by atoms with Gasteiger partial charge in [-0.1, -0.05) is 96.5 Å². The number of rotatable bonds is 7. The summed E-state index contributed by atoms with van der Waals surface area (Å²) in [6.07, 6.45) is 0. The van der Waals surface area contributed by atoms with Crippen LogP contribution in [0.5, 0.6) is 5.75 Å². The predicted molar refractivity (Wildman–Crippen MR) is 159 cm³/mol. The molecule has 0 unspecified atom stereocenters. The number of ketones is 2. The molecule has 6 rings (SSSR count). The Morgan fingerprint density at radius 2 is 1.12 bits per heavy atom. The summed E-state index contributed by atoms with van der Waals surface area (Å²) < 4.78 is 5.36. The summed E-state index contributed by atoms with van der Waals surface area (Å²) in [5, 5.41) is 0.553. The number of carbonyl (C=O) groups excluding carboxylic acids is 2. The number of hydrogen-bond acceptors (Lipinski definition) is 3. The van der Waals surface area contributed by atoms with Crippen LogP contribution in [-0.4, -0.2) is 18.7 Å². The standard InChI is InChI=1S/C36H27ClO3/c1-40-29-22-18-25(19-23-29)35(39)33-32(34(38)24-16-20-28(37)21-17-24)30-14-8-9-15-31(30)36(33,26-10-4-2-5-11-26)27-12-6-3-7-13-27/h2-23,32-33H,1H3/t32-,33-/m1/s1. The number of fused-ring (bicyclic) bond motifs is 1. The highest BCUT2D eigenvalue weighted by Gasteiger charge is 2.59. The first-order chi connectivity index (χ1) is 19.6. The maximum Gasteiger partial charge on any atom is 0.171 e. The van der Waals surface area contributed by atoms with E-state index >= 15 is 0 Å². The summed E-state index contributed by atoms with van der Waals surface area (Å²) in [7, 11) is 1.60. The Hall–Kier alpha value is -4.47. The van der Waals surface area contributed by atoms with Crippen molar-refractivity contribution < 1.29 is 14.3 Å². The molecule has 0 fully saturated rings. The van der Waals surface area contributed by atoms with Crippen molar-refractivity contribution >= 4 is 23.2 Å². The normalized spacial score (nSPS) is 17.1. The van der Waals surface area contributed by atoms with E-state index < -0.39 is 17.3 Å². The molecule has 1 aliphatic carbocycles. The molecular weight excluding hydrogens is 516 g/mol. The number of hydrogen-bond donors (Lipinski definition) is 0. The van der Waals surface area contributed by atoms with Crippen LogP contribution in [-0.2, 0) is 5.41 Å². The molecule has 5 aromatic carbocycles. The zero-order valence-corrected chi connectivity index (χ0v) is 22.7. The third kappa shape index (κ3) is 4.14. The monoisotopic (exact) mass is 542 g/mol. The van der Waals surface area contributed by atoms with E-state index in [2.05, 4.69) is 30.3 Å². The van der Waals surface area contributed by atoms with Gasteiger partial charge < -0.3 is 4.74 Å². The molecular formula is C36H27ClO3. The smallest absolute Gasteiger partial charge is 0.171 e. The quantitative estimate of drug-likeness (QED) is 0.195. The molecule has 0 aromatic heterocycles. The summed E-state index contributed by atoms with van der Waals surface area (Å²) in [6, 6.07) is 42.2. The lowest BCUT2D eigenvalue weighted by Gasteiger charge is -2.39. The Kier molecular flexibility index (Phi) is 6.83. The van der Waals surface area contributed by atoms with Gasteiger partial charge in [-0.3, -0.25) is 9.59 Å². The maximum atomic E-state index is 14.9. The van der Waals surface area contributed by atoms with Crippen LogP contribution in [0.15, 0.2) is 133 Å². The Bertz CT molecular complexity index is 1620. The van der Waals surface area contributed by atoms with Crippen LogP contribution in [0, 0.1) is 5.92 Å². The highest BCUT2D eigenvalue weighted by atomic mass is 35.5. The molecule has 0 saturated heterocycles. The zero-order chi connectivity index (χ0) is 27.7. The van der Waals surface area contributed by atoms with Crippen LogP contribution < -0.4 is 4.74 Å². The first-order valence-electron chi connectivity index (χ1n) is 13.2. The van der Waals surface area contributed by atoms with Gasteiger partial charge in [0.15, 0.2) is 11.6 Å². The molecule has 0 bridgehead atoms. The van der Waals surface area contributed by atoms with Gasteiger partial charge in [0.05, 0.1) is 24.4 Å². The zero-order valence-electron chi connectivity index (χ0n) is 22.0. The van der Waals surface area contributed by atoms with Crippen LogP contribution in [0.3, 0.4) is 0 Å². The highest BCUT2D eigenvalue weighted by molar-refractivity contribution is 6.30. The molecule has 0 heterocycles. The fraction of sp³-hybridized carbons (Fsp3) is 0.111. The SMILES string of the molecule is COc1ccc(C(=O)[C@H]2[C@H](C(=O)c3ccc(Cl)cc3)c3ccccc3C2(c2ccccc2)c2ccccc2)cc1. The number of ether oxygens (including phenoxy) is 1. The molecule has 4 heteroatoms. The Balaban J connectivity index is 1.67. The number of methoxy groups -OCH3 is 1. The van der Waals surface area contributed by atoms with Crippen LogP contribution in [0.1, 0.15) is 48.9 Å². The second kappa shape index (κ2) is 10.6. The van der Waals surface area contributed by atoms with E-state index in [0.29, 0.717) is 21.9 Å².